The van der Waals surface area contributed by atoms with Gasteiger partial charge in [-0.3, -0.25) is 10.2 Å². The van der Waals surface area contributed by atoms with Crippen LogP contribution in [0.2, 0.25) is 0 Å². The summed E-state index contributed by atoms with van der Waals surface area (Å²) in [5.41, 5.74) is 3.12. The molecule has 0 bridgehead atoms. The molecular weight excluding hydrogens is 290 g/mol. The molecule has 0 atom stereocenters. The number of benzene rings is 1. The molecule has 4 N–H and O–H groups in total. The van der Waals surface area contributed by atoms with Crippen molar-refractivity contribution in [2.75, 3.05) is 0 Å². The summed E-state index contributed by atoms with van der Waals surface area (Å²) in [6.07, 6.45) is -5.00. The standard InChI is InChI=1S/C13H13F4N3O/c14-9-2-1-7(5-8(9)10(18)19)6-20-11(21)12(3-4-12)13(15,16)17/h1-2,5H,3-4,6H2,(H3,18,19)(H,20,21). The third-order valence-electron chi connectivity index (χ3n) is 3.50. The molecule has 21 heavy (non-hydrogen) atoms. The molecule has 1 aliphatic carbocycles. The molecule has 0 spiro atoms. The average Bonchev–Trinajstić information content (AvgIpc) is 3.17. The van der Waals surface area contributed by atoms with Gasteiger partial charge in [0, 0.05) is 6.54 Å². The van der Waals surface area contributed by atoms with E-state index >= 15 is 0 Å². The first-order chi connectivity index (χ1) is 9.67. The van der Waals surface area contributed by atoms with E-state index in [1.165, 1.54) is 12.1 Å². The van der Waals surface area contributed by atoms with Crippen molar-refractivity contribution >= 4 is 11.7 Å². The fourth-order valence-electron chi connectivity index (χ4n) is 2.00. The third-order valence-corrected chi connectivity index (χ3v) is 3.50. The van der Waals surface area contributed by atoms with E-state index in [2.05, 4.69) is 5.32 Å². The first-order valence-corrected chi connectivity index (χ1v) is 6.15. The Balaban J connectivity index is 2.06. The molecule has 1 amide bonds. The SMILES string of the molecule is N=C(N)c1cc(CNC(=O)C2(C(F)(F)F)CC2)ccc1F. The highest BCUT2D eigenvalue weighted by atomic mass is 19.4. The van der Waals surface area contributed by atoms with E-state index in [0.717, 1.165) is 6.07 Å². The molecule has 1 fully saturated rings. The van der Waals surface area contributed by atoms with Gasteiger partial charge in [-0.15, -0.1) is 0 Å². The van der Waals surface area contributed by atoms with Crippen LogP contribution in [0.1, 0.15) is 24.0 Å². The van der Waals surface area contributed by atoms with E-state index in [-0.39, 0.29) is 24.9 Å². The summed E-state index contributed by atoms with van der Waals surface area (Å²) in [5.74, 6) is -2.27. The Kier molecular flexibility index (Phi) is 3.65. The van der Waals surface area contributed by atoms with Crippen molar-refractivity contribution < 1.29 is 22.4 Å². The zero-order valence-electron chi connectivity index (χ0n) is 10.9. The summed E-state index contributed by atoms with van der Waals surface area (Å²) in [6.45, 7) is -0.183. The monoisotopic (exact) mass is 303 g/mol. The van der Waals surface area contributed by atoms with E-state index in [1.54, 1.807) is 0 Å². The Bertz CT molecular complexity index is 594. The van der Waals surface area contributed by atoms with Gasteiger partial charge in [-0.05, 0) is 30.5 Å². The minimum Gasteiger partial charge on any atom is -0.384 e. The van der Waals surface area contributed by atoms with Gasteiger partial charge < -0.3 is 11.1 Å². The number of alkyl halides is 3. The van der Waals surface area contributed by atoms with Gasteiger partial charge in [-0.25, -0.2) is 4.39 Å². The highest BCUT2D eigenvalue weighted by Crippen LogP contribution is 2.57. The summed E-state index contributed by atoms with van der Waals surface area (Å²) >= 11 is 0. The maximum absolute atomic E-state index is 13.3. The van der Waals surface area contributed by atoms with Crippen molar-refractivity contribution in [3.05, 3.63) is 35.1 Å². The Morgan fingerprint density at radius 3 is 2.48 bits per heavy atom. The van der Waals surface area contributed by atoms with E-state index in [4.69, 9.17) is 11.1 Å². The van der Waals surface area contributed by atoms with Crippen molar-refractivity contribution in [3.63, 3.8) is 0 Å². The normalized spacial score (nSPS) is 16.4. The minimum absolute atomic E-state index is 0.154. The molecule has 0 aromatic heterocycles. The molecule has 1 aromatic rings. The summed E-state index contributed by atoms with van der Waals surface area (Å²) < 4.78 is 51.5. The van der Waals surface area contributed by atoms with Crippen molar-refractivity contribution in [1.29, 1.82) is 5.41 Å². The number of carbonyl (C=O) groups is 1. The molecule has 1 aliphatic rings. The second kappa shape index (κ2) is 5.01. The van der Waals surface area contributed by atoms with Gasteiger partial charge in [-0.1, -0.05) is 6.07 Å². The van der Waals surface area contributed by atoms with Gasteiger partial charge in [0.25, 0.3) is 0 Å². The van der Waals surface area contributed by atoms with Crippen molar-refractivity contribution in [2.24, 2.45) is 11.1 Å². The van der Waals surface area contributed by atoms with Gasteiger partial charge in [0.1, 0.15) is 17.1 Å². The summed E-state index contributed by atoms with van der Waals surface area (Å²) in [6, 6.07) is 3.59. The van der Waals surface area contributed by atoms with Gasteiger partial charge in [0.05, 0.1) is 5.56 Å². The van der Waals surface area contributed by atoms with Gasteiger partial charge in [-0.2, -0.15) is 13.2 Å². The highest BCUT2D eigenvalue weighted by molar-refractivity contribution is 5.95. The van der Waals surface area contributed by atoms with Crippen LogP contribution < -0.4 is 11.1 Å². The van der Waals surface area contributed by atoms with Crippen LogP contribution in [-0.2, 0) is 11.3 Å². The van der Waals surface area contributed by atoms with Crippen LogP contribution in [0.3, 0.4) is 0 Å². The number of hydrogen-bond acceptors (Lipinski definition) is 2. The number of hydrogen-bond donors (Lipinski definition) is 3. The van der Waals surface area contributed by atoms with Crippen LogP contribution in [0, 0.1) is 16.6 Å². The lowest BCUT2D eigenvalue weighted by Crippen LogP contribution is -2.40. The summed E-state index contributed by atoms with van der Waals surface area (Å²) in [7, 11) is 0. The molecule has 0 radical (unpaired) electrons. The van der Waals surface area contributed by atoms with Crippen LogP contribution >= 0.6 is 0 Å². The first kappa shape index (κ1) is 15.3. The Labute approximate surface area is 117 Å². The molecular formula is C13H13F4N3O. The lowest BCUT2D eigenvalue weighted by Gasteiger charge is -2.18. The van der Waals surface area contributed by atoms with Gasteiger partial charge >= 0.3 is 6.18 Å². The average molecular weight is 303 g/mol. The van der Waals surface area contributed by atoms with Crippen molar-refractivity contribution in [1.82, 2.24) is 5.32 Å². The molecule has 0 heterocycles. The minimum atomic E-state index is -4.57. The Morgan fingerprint density at radius 1 is 1.38 bits per heavy atom. The third kappa shape index (κ3) is 2.84. The number of amides is 1. The molecule has 0 unspecified atom stereocenters. The largest absolute Gasteiger partial charge is 0.403 e. The van der Waals surface area contributed by atoms with Gasteiger partial charge in [0.15, 0.2) is 0 Å². The molecule has 2 rings (SSSR count). The molecule has 1 saturated carbocycles. The Morgan fingerprint density at radius 2 is 2.00 bits per heavy atom. The number of nitrogen functional groups attached to an aromatic ring is 1. The molecule has 114 valence electrons. The molecule has 1 aromatic carbocycles. The lowest BCUT2D eigenvalue weighted by atomic mass is 10.1. The van der Waals surface area contributed by atoms with E-state index in [9.17, 15) is 22.4 Å². The second-order valence-corrected chi connectivity index (χ2v) is 4.99. The number of carbonyl (C=O) groups excluding carboxylic acids is 1. The fourth-order valence-corrected chi connectivity index (χ4v) is 2.00. The smallest absolute Gasteiger partial charge is 0.384 e. The van der Waals surface area contributed by atoms with Crippen LogP contribution in [-0.4, -0.2) is 17.9 Å². The van der Waals surface area contributed by atoms with Crippen LogP contribution in [0.5, 0.6) is 0 Å². The summed E-state index contributed by atoms with van der Waals surface area (Å²) in [5, 5.41) is 9.38. The molecule has 0 saturated heterocycles. The quantitative estimate of drug-likeness (QED) is 0.452. The summed E-state index contributed by atoms with van der Waals surface area (Å²) in [4.78, 5) is 11.7. The molecule has 8 heteroatoms. The topological polar surface area (TPSA) is 79.0 Å². The lowest BCUT2D eigenvalue weighted by molar-refractivity contribution is -0.192. The van der Waals surface area contributed by atoms with Crippen molar-refractivity contribution in [3.8, 4) is 0 Å². The maximum atomic E-state index is 13.3. The number of amidine groups is 1. The number of nitrogens with one attached hydrogen (secondary N) is 2. The van der Waals surface area contributed by atoms with E-state index in [0.29, 0.717) is 5.56 Å². The molecule has 0 aliphatic heterocycles. The zero-order chi connectivity index (χ0) is 15.8. The van der Waals surface area contributed by atoms with Crippen LogP contribution in [0.4, 0.5) is 17.6 Å². The first-order valence-electron chi connectivity index (χ1n) is 6.15. The number of halogens is 4. The van der Waals surface area contributed by atoms with Crippen molar-refractivity contribution in [2.45, 2.75) is 25.6 Å². The highest BCUT2D eigenvalue weighted by Gasteiger charge is 2.68. The fraction of sp³-hybridized carbons (Fsp3) is 0.385. The van der Waals surface area contributed by atoms with Gasteiger partial charge in [0.2, 0.25) is 5.91 Å². The maximum Gasteiger partial charge on any atom is 0.403 e. The second-order valence-electron chi connectivity index (χ2n) is 4.99. The van der Waals surface area contributed by atoms with Crippen LogP contribution in [0.25, 0.3) is 0 Å². The number of nitrogens with two attached hydrogens (primary N) is 1. The molecule has 4 nitrogen and oxygen atoms in total. The van der Waals surface area contributed by atoms with E-state index in [1.807, 2.05) is 0 Å². The predicted molar refractivity (Wildman–Crippen MR) is 67.0 cm³/mol. The zero-order valence-corrected chi connectivity index (χ0v) is 10.9. The Hall–Kier alpha value is -2.12. The van der Waals surface area contributed by atoms with Crippen LogP contribution in [0.15, 0.2) is 18.2 Å². The van der Waals surface area contributed by atoms with E-state index < -0.39 is 29.2 Å². The predicted octanol–water partition coefficient (Wildman–Crippen LogP) is 2.07. The number of rotatable bonds is 4.